The van der Waals surface area contributed by atoms with Gasteiger partial charge in [0.15, 0.2) is 0 Å². The van der Waals surface area contributed by atoms with Crippen LogP contribution in [0.1, 0.15) is 44.6 Å². The van der Waals surface area contributed by atoms with Gasteiger partial charge in [-0.2, -0.15) is 0 Å². The summed E-state index contributed by atoms with van der Waals surface area (Å²) in [5.41, 5.74) is 0.640. The third kappa shape index (κ3) is 7.71. The van der Waals surface area contributed by atoms with E-state index in [9.17, 15) is 18.0 Å². The zero-order valence-corrected chi connectivity index (χ0v) is 26.7. The first-order valence-electron chi connectivity index (χ1n) is 13.6. The fourth-order valence-electron chi connectivity index (χ4n) is 5.03. The number of hydrogen-bond donors (Lipinski definition) is 1. The zero-order chi connectivity index (χ0) is 30.4. The normalized spacial score (nSPS) is 14.4. The lowest BCUT2D eigenvalue weighted by molar-refractivity contribution is -0.140. The zero-order valence-electron chi connectivity index (χ0n) is 22.9. The van der Waals surface area contributed by atoms with Crippen molar-refractivity contribution in [1.29, 1.82) is 0 Å². The molecule has 1 aliphatic carbocycles. The van der Waals surface area contributed by atoms with Crippen molar-refractivity contribution in [3.05, 3.63) is 92.4 Å². The van der Waals surface area contributed by atoms with Crippen LogP contribution >= 0.6 is 46.4 Å². The van der Waals surface area contributed by atoms with Gasteiger partial charge in [-0.3, -0.25) is 13.9 Å². The highest BCUT2D eigenvalue weighted by Gasteiger charge is 2.35. The number of carbonyl (C=O) groups is 2. The molecule has 2 amide bonds. The predicted octanol–water partition coefficient (Wildman–Crippen LogP) is 7.36. The molecule has 42 heavy (non-hydrogen) atoms. The molecule has 224 valence electrons. The van der Waals surface area contributed by atoms with Crippen LogP contribution in [-0.2, 0) is 26.2 Å². The van der Waals surface area contributed by atoms with E-state index in [4.69, 9.17) is 46.4 Å². The van der Waals surface area contributed by atoms with E-state index in [1.165, 1.54) is 35.2 Å². The first-order valence-corrected chi connectivity index (χ1v) is 16.5. The van der Waals surface area contributed by atoms with Gasteiger partial charge in [0.05, 0.1) is 10.6 Å². The van der Waals surface area contributed by atoms with Crippen molar-refractivity contribution >= 4 is 73.9 Å². The number of halogens is 4. The molecule has 0 bridgehead atoms. The number of rotatable bonds is 11. The number of anilines is 1. The summed E-state index contributed by atoms with van der Waals surface area (Å²) in [4.78, 5) is 29.1. The lowest BCUT2D eigenvalue weighted by Gasteiger charge is -2.34. The van der Waals surface area contributed by atoms with Crippen molar-refractivity contribution in [2.45, 2.75) is 62.6 Å². The van der Waals surface area contributed by atoms with Crippen LogP contribution in [0, 0.1) is 0 Å². The largest absolute Gasteiger partial charge is 0.352 e. The number of nitrogens with zero attached hydrogens (tertiary/aromatic N) is 2. The topological polar surface area (TPSA) is 86.8 Å². The smallest absolute Gasteiger partial charge is 0.264 e. The summed E-state index contributed by atoms with van der Waals surface area (Å²) in [6, 6.07) is 16.0. The minimum Gasteiger partial charge on any atom is -0.352 e. The van der Waals surface area contributed by atoms with Crippen molar-refractivity contribution in [2.24, 2.45) is 0 Å². The van der Waals surface area contributed by atoms with Crippen LogP contribution in [0.3, 0.4) is 0 Å². The molecule has 3 aromatic rings. The highest BCUT2D eigenvalue weighted by atomic mass is 35.5. The minimum atomic E-state index is -4.26. The summed E-state index contributed by atoms with van der Waals surface area (Å²) in [6.07, 6.45) is 4.07. The van der Waals surface area contributed by atoms with E-state index in [1.54, 1.807) is 43.3 Å². The summed E-state index contributed by atoms with van der Waals surface area (Å²) < 4.78 is 28.8. The Morgan fingerprint density at radius 3 is 2.12 bits per heavy atom. The lowest BCUT2D eigenvalue weighted by atomic mass is 10.1. The molecular weight excluding hydrogens is 640 g/mol. The predicted molar refractivity (Wildman–Crippen MR) is 169 cm³/mol. The van der Waals surface area contributed by atoms with Crippen LogP contribution in [-0.4, -0.2) is 43.8 Å². The van der Waals surface area contributed by atoms with E-state index in [0.717, 1.165) is 30.0 Å². The van der Waals surface area contributed by atoms with Crippen LogP contribution in [0.2, 0.25) is 20.1 Å². The van der Waals surface area contributed by atoms with Crippen LogP contribution in [0.15, 0.2) is 71.6 Å². The molecule has 0 radical (unpaired) electrons. The third-order valence-corrected chi connectivity index (χ3v) is 10.2. The van der Waals surface area contributed by atoms with Gasteiger partial charge in [0.25, 0.3) is 10.0 Å². The maximum atomic E-state index is 14.2. The van der Waals surface area contributed by atoms with Gasteiger partial charge in [-0.05, 0) is 73.9 Å². The summed E-state index contributed by atoms with van der Waals surface area (Å²) in [5.74, 6) is -0.923. The molecule has 0 aliphatic heterocycles. The average molecular weight is 671 g/mol. The highest BCUT2D eigenvalue weighted by molar-refractivity contribution is 7.92. The molecule has 0 unspecified atom stereocenters. The van der Waals surface area contributed by atoms with Crippen molar-refractivity contribution in [1.82, 2.24) is 10.2 Å². The van der Waals surface area contributed by atoms with Gasteiger partial charge in [-0.15, -0.1) is 0 Å². The van der Waals surface area contributed by atoms with E-state index in [-0.39, 0.29) is 35.5 Å². The molecule has 3 aromatic carbocycles. The Hall–Kier alpha value is -2.49. The number of hydrogen-bond acceptors (Lipinski definition) is 4. The summed E-state index contributed by atoms with van der Waals surface area (Å²) in [6.45, 7) is 1.09. The van der Waals surface area contributed by atoms with E-state index < -0.39 is 28.5 Å². The standard InChI is InChI=1S/C30H31Cl4N3O4S/c1-2-28(30(39)35-22-8-3-4-9-22)36(18-25-26(33)11-6-12-27(25)34)29(38)19-37(23-10-5-7-21(32)17-23)42(40,41)24-15-13-20(31)14-16-24/h5-7,10-17,22,28H,2-4,8-9,18-19H2,1H3,(H,35,39)/t28-/m0/s1. The van der Waals surface area contributed by atoms with Gasteiger partial charge in [-0.1, -0.05) is 78.3 Å². The second-order valence-electron chi connectivity index (χ2n) is 10.1. The molecule has 1 atom stereocenters. The van der Waals surface area contributed by atoms with Crippen molar-refractivity contribution in [2.75, 3.05) is 10.8 Å². The monoisotopic (exact) mass is 669 g/mol. The number of nitrogens with one attached hydrogen (secondary N) is 1. The number of amides is 2. The van der Waals surface area contributed by atoms with Crippen molar-refractivity contribution in [3.8, 4) is 0 Å². The van der Waals surface area contributed by atoms with E-state index in [0.29, 0.717) is 25.7 Å². The number of benzene rings is 3. The minimum absolute atomic E-state index is 0.0284. The average Bonchev–Trinajstić information content (AvgIpc) is 3.46. The summed E-state index contributed by atoms with van der Waals surface area (Å²) >= 11 is 25.2. The third-order valence-electron chi connectivity index (χ3n) is 7.25. The molecule has 1 aliphatic rings. The molecule has 1 N–H and O–H groups in total. The Kier molecular flexibility index (Phi) is 11.1. The number of sulfonamides is 1. The van der Waals surface area contributed by atoms with E-state index in [1.807, 2.05) is 0 Å². The molecule has 12 heteroatoms. The molecule has 0 heterocycles. The maximum absolute atomic E-state index is 14.2. The van der Waals surface area contributed by atoms with Gasteiger partial charge < -0.3 is 10.2 Å². The lowest BCUT2D eigenvalue weighted by Crippen LogP contribution is -2.53. The quantitative estimate of drug-likeness (QED) is 0.231. The Morgan fingerprint density at radius 1 is 0.905 bits per heavy atom. The van der Waals surface area contributed by atoms with Gasteiger partial charge in [-0.25, -0.2) is 8.42 Å². The molecular formula is C30H31Cl4N3O4S. The number of carbonyl (C=O) groups excluding carboxylic acids is 2. The molecule has 0 saturated heterocycles. The molecule has 4 rings (SSSR count). The Bertz CT molecular complexity index is 1510. The van der Waals surface area contributed by atoms with Crippen LogP contribution in [0.25, 0.3) is 0 Å². The van der Waals surface area contributed by atoms with Gasteiger partial charge in [0.2, 0.25) is 11.8 Å². The van der Waals surface area contributed by atoms with E-state index >= 15 is 0 Å². The Labute approximate surface area is 266 Å². The van der Waals surface area contributed by atoms with Gasteiger partial charge >= 0.3 is 0 Å². The molecule has 1 fully saturated rings. The maximum Gasteiger partial charge on any atom is 0.264 e. The molecule has 0 aromatic heterocycles. The van der Waals surface area contributed by atoms with E-state index in [2.05, 4.69) is 5.32 Å². The van der Waals surface area contributed by atoms with Crippen LogP contribution < -0.4 is 9.62 Å². The fraction of sp³-hybridized carbons (Fsp3) is 0.333. The van der Waals surface area contributed by atoms with Crippen molar-refractivity contribution in [3.63, 3.8) is 0 Å². The van der Waals surface area contributed by atoms with Crippen molar-refractivity contribution < 1.29 is 18.0 Å². The second-order valence-corrected chi connectivity index (χ2v) is 13.6. The van der Waals surface area contributed by atoms with Gasteiger partial charge in [0.1, 0.15) is 12.6 Å². The highest BCUT2D eigenvalue weighted by Crippen LogP contribution is 2.30. The van der Waals surface area contributed by atoms with Crippen LogP contribution in [0.4, 0.5) is 5.69 Å². The second kappa shape index (κ2) is 14.3. The first-order chi connectivity index (χ1) is 20.0. The molecule has 7 nitrogen and oxygen atoms in total. The summed E-state index contributed by atoms with van der Waals surface area (Å²) in [5, 5.41) is 4.38. The first kappa shape index (κ1) is 32.4. The Balaban J connectivity index is 1.75. The van der Waals surface area contributed by atoms with Gasteiger partial charge in [0, 0.05) is 38.2 Å². The fourth-order valence-corrected chi connectivity index (χ4v) is 7.27. The molecule has 0 spiro atoms. The van der Waals surface area contributed by atoms with Crippen LogP contribution in [0.5, 0.6) is 0 Å². The Morgan fingerprint density at radius 2 is 1.52 bits per heavy atom. The molecule has 1 saturated carbocycles. The SMILES string of the molecule is CC[C@@H](C(=O)NC1CCCC1)N(Cc1c(Cl)cccc1Cl)C(=O)CN(c1cccc(Cl)c1)S(=O)(=O)c1ccc(Cl)cc1. The summed E-state index contributed by atoms with van der Waals surface area (Å²) in [7, 11) is -4.26.